The lowest BCUT2D eigenvalue weighted by Gasteiger charge is -2.35. The highest BCUT2D eigenvalue weighted by atomic mass is 35.5. The van der Waals surface area contributed by atoms with Crippen LogP contribution in [0.4, 0.5) is 8.78 Å². The molecule has 19 heavy (non-hydrogen) atoms. The van der Waals surface area contributed by atoms with Crippen LogP contribution in [0.15, 0.2) is 12.1 Å². The summed E-state index contributed by atoms with van der Waals surface area (Å²) in [7, 11) is 0. The summed E-state index contributed by atoms with van der Waals surface area (Å²) >= 11 is 5.64. The molecule has 1 aliphatic heterocycles. The highest BCUT2D eigenvalue weighted by molar-refractivity contribution is 6.30. The van der Waals surface area contributed by atoms with Crippen LogP contribution in [0.25, 0.3) is 0 Å². The number of hydrogen-bond donors (Lipinski definition) is 2. The van der Waals surface area contributed by atoms with Crippen molar-refractivity contribution >= 4 is 11.6 Å². The van der Waals surface area contributed by atoms with Crippen LogP contribution in [-0.2, 0) is 0 Å². The quantitative estimate of drug-likeness (QED) is 0.890. The van der Waals surface area contributed by atoms with Crippen LogP contribution in [0.5, 0.6) is 0 Å². The molecular formula is C13H17ClF2N2O. The van der Waals surface area contributed by atoms with Crippen LogP contribution in [-0.4, -0.2) is 42.8 Å². The minimum atomic E-state index is -0.651. The summed E-state index contributed by atoms with van der Waals surface area (Å²) in [6, 6.07) is 1.78. The van der Waals surface area contributed by atoms with Crippen molar-refractivity contribution in [3.8, 4) is 0 Å². The SMILES string of the molecule is OCC[C@@H](c1c(F)cc(Cl)cc1F)N1CCNCC1. The summed E-state index contributed by atoms with van der Waals surface area (Å²) in [6.07, 6.45) is 0.301. The molecule has 106 valence electrons. The number of benzene rings is 1. The molecular weight excluding hydrogens is 274 g/mol. The number of nitrogens with one attached hydrogen (secondary N) is 1. The first kappa shape index (κ1) is 14.7. The molecule has 1 aromatic carbocycles. The van der Waals surface area contributed by atoms with Crippen LogP contribution in [0.2, 0.25) is 5.02 Å². The second-order valence-corrected chi connectivity index (χ2v) is 5.03. The Labute approximate surface area is 116 Å². The molecule has 1 fully saturated rings. The van der Waals surface area contributed by atoms with Crippen molar-refractivity contribution in [1.29, 1.82) is 0 Å². The van der Waals surface area contributed by atoms with Gasteiger partial charge in [-0.3, -0.25) is 4.90 Å². The van der Waals surface area contributed by atoms with E-state index in [2.05, 4.69) is 5.32 Å². The van der Waals surface area contributed by atoms with E-state index in [4.69, 9.17) is 16.7 Å². The minimum absolute atomic E-state index is 0.000324. The summed E-state index contributed by atoms with van der Waals surface area (Å²) in [6.45, 7) is 2.84. The van der Waals surface area contributed by atoms with E-state index in [1.807, 2.05) is 4.90 Å². The van der Waals surface area contributed by atoms with Crippen molar-refractivity contribution in [2.75, 3.05) is 32.8 Å². The van der Waals surface area contributed by atoms with Gasteiger partial charge in [0.2, 0.25) is 0 Å². The molecule has 1 aromatic rings. The van der Waals surface area contributed by atoms with Crippen molar-refractivity contribution in [2.45, 2.75) is 12.5 Å². The van der Waals surface area contributed by atoms with Gasteiger partial charge in [0.05, 0.1) is 0 Å². The van der Waals surface area contributed by atoms with Gasteiger partial charge in [0, 0.05) is 49.4 Å². The largest absolute Gasteiger partial charge is 0.396 e. The topological polar surface area (TPSA) is 35.5 Å². The van der Waals surface area contributed by atoms with E-state index in [9.17, 15) is 8.78 Å². The lowest BCUT2D eigenvalue weighted by molar-refractivity contribution is 0.135. The Bertz CT molecular complexity index is 416. The van der Waals surface area contributed by atoms with Crippen LogP contribution < -0.4 is 5.32 Å². The Morgan fingerprint density at radius 2 is 1.84 bits per heavy atom. The van der Waals surface area contributed by atoms with E-state index in [0.717, 1.165) is 25.2 Å². The normalized spacial score (nSPS) is 18.5. The molecule has 2 rings (SSSR count). The smallest absolute Gasteiger partial charge is 0.132 e. The summed E-state index contributed by atoms with van der Waals surface area (Å²) in [4.78, 5) is 1.99. The average molecular weight is 291 g/mol. The predicted octanol–water partition coefficient (Wildman–Crippen LogP) is 1.95. The first-order valence-electron chi connectivity index (χ1n) is 6.33. The first-order chi connectivity index (χ1) is 9.13. The van der Waals surface area contributed by atoms with Gasteiger partial charge in [-0.25, -0.2) is 8.78 Å². The zero-order chi connectivity index (χ0) is 13.8. The van der Waals surface area contributed by atoms with E-state index < -0.39 is 17.7 Å². The molecule has 0 saturated carbocycles. The molecule has 0 bridgehead atoms. The molecule has 1 heterocycles. The van der Waals surface area contributed by atoms with Crippen LogP contribution in [0.1, 0.15) is 18.0 Å². The minimum Gasteiger partial charge on any atom is -0.396 e. The van der Waals surface area contributed by atoms with E-state index in [1.165, 1.54) is 0 Å². The Kier molecular flexibility index (Phi) is 5.10. The molecule has 0 radical (unpaired) electrons. The molecule has 0 amide bonds. The van der Waals surface area contributed by atoms with E-state index in [0.29, 0.717) is 19.5 Å². The molecule has 6 heteroatoms. The second kappa shape index (κ2) is 6.61. The number of aliphatic hydroxyl groups is 1. The zero-order valence-corrected chi connectivity index (χ0v) is 11.3. The lowest BCUT2D eigenvalue weighted by Crippen LogP contribution is -2.45. The van der Waals surface area contributed by atoms with Gasteiger partial charge in [0.1, 0.15) is 11.6 Å². The monoisotopic (exact) mass is 290 g/mol. The summed E-state index contributed by atoms with van der Waals surface area (Å²) in [5.74, 6) is -1.30. The predicted molar refractivity (Wildman–Crippen MR) is 70.3 cm³/mol. The van der Waals surface area contributed by atoms with E-state index in [-0.39, 0.29) is 17.2 Å². The van der Waals surface area contributed by atoms with Gasteiger partial charge in [-0.1, -0.05) is 11.6 Å². The molecule has 2 N–H and O–H groups in total. The van der Waals surface area contributed by atoms with Crippen molar-refractivity contribution in [3.05, 3.63) is 34.4 Å². The summed E-state index contributed by atoms with van der Waals surface area (Å²) in [5.41, 5.74) is 0.000324. The fourth-order valence-corrected chi connectivity index (χ4v) is 2.69. The highest BCUT2D eigenvalue weighted by Crippen LogP contribution is 2.31. The Morgan fingerprint density at radius 3 is 2.37 bits per heavy atom. The summed E-state index contributed by atoms with van der Waals surface area (Å²) < 4.78 is 28.0. The Morgan fingerprint density at radius 1 is 1.26 bits per heavy atom. The fourth-order valence-electron chi connectivity index (χ4n) is 2.50. The third kappa shape index (κ3) is 3.42. The van der Waals surface area contributed by atoms with Crippen LogP contribution in [0.3, 0.4) is 0 Å². The number of aliphatic hydroxyl groups excluding tert-OH is 1. The molecule has 1 saturated heterocycles. The van der Waals surface area contributed by atoms with Gasteiger partial charge in [-0.2, -0.15) is 0 Å². The third-order valence-corrected chi connectivity index (χ3v) is 3.59. The standard InChI is InChI=1S/C13H17ClF2N2O/c14-9-7-10(15)13(11(16)8-9)12(1-6-19)18-4-2-17-3-5-18/h7-8,12,17,19H,1-6H2/t12-/m0/s1. The van der Waals surface area contributed by atoms with E-state index in [1.54, 1.807) is 0 Å². The van der Waals surface area contributed by atoms with Gasteiger partial charge in [-0.05, 0) is 18.6 Å². The van der Waals surface area contributed by atoms with Crippen molar-refractivity contribution in [3.63, 3.8) is 0 Å². The molecule has 0 aromatic heterocycles. The van der Waals surface area contributed by atoms with Crippen LogP contribution >= 0.6 is 11.6 Å². The molecule has 0 aliphatic carbocycles. The maximum Gasteiger partial charge on any atom is 0.132 e. The maximum atomic E-state index is 14.0. The van der Waals surface area contributed by atoms with E-state index >= 15 is 0 Å². The van der Waals surface area contributed by atoms with Gasteiger partial charge >= 0.3 is 0 Å². The third-order valence-electron chi connectivity index (χ3n) is 3.37. The van der Waals surface area contributed by atoms with Crippen LogP contribution in [0, 0.1) is 11.6 Å². The molecule has 1 atom stereocenters. The molecule has 1 aliphatic rings. The van der Waals surface area contributed by atoms with Gasteiger partial charge in [0.15, 0.2) is 0 Å². The first-order valence-corrected chi connectivity index (χ1v) is 6.71. The van der Waals surface area contributed by atoms with Crippen molar-refractivity contribution < 1.29 is 13.9 Å². The van der Waals surface area contributed by atoms with Gasteiger partial charge in [-0.15, -0.1) is 0 Å². The number of piperazine rings is 1. The number of nitrogens with zero attached hydrogens (tertiary/aromatic N) is 1. The number of halogens is 3. The summed E-state index contributed by atoms with van der Waals surface area (Å²) in [5, 5.41) is 12.4. The average Bonchev–Trinajstić information content (AvgIpc) is 2.37. The van der Waals surface area contributed by atoms with Crippen molar-refractivity contribution in [2.24, 2.45) is 0 Å². The number of rotatable bonds is 4. The lowest BCUT2D eigenvalue weighted by atomic mass is 10.00. The molecule has 3 nitrogen and oxygen atoms in total. The second-order valence-electron chi connectivity index (χ2n) is 4.60. The zero-order valence-electron chi connectivity index (χ0n) is 10.5. The fraction of sp³-hybridized carbons (Fsp3) is 0.538. The number of hydrogen-bond acceptors (Lipinski definition) is 3. The van der Waals surface area contributed by atoms with Crippen molar-refractivity contribution in [1.82, 2.24) is 10.2 Å². The Hall–Kier alpha value is -0.750. The maximum absolute atomic E-state index is 14.0. The molecule has 0 unspecified atom stereocenters. The highest BCUT2D eigenvalue weighted by Gasteiger charge is 2.27. The Balaban J connectivity index is 2.32. The van der Waals surface area contributed by atoms with Gasteiger partial charge < -0.3 is 10.4 Å². The van der Waals surface area contributed by atoms with Gasteiger partial charge in [0.25, 0.3) is 0 Å². The molecule has 0 spiro atoms.